The Kier molecular flexibility index (Phi) is 2.80. The Morgan fingerprint density at radius 1 is 1.46 bits per heavy atom. The van der Waals surface area contributed by atoms with Crippen LogP contribution in [-0.4, -0.2) is 21.3 Å². The highest BCUT2D eigenvalue weighted by Crippen LogP contribution is 2.15. The molecule has 2 atom stereocenters. The Morgan fingerprint density at radius 2 is 2.15 bits per heavy atom. The zero-order valence-corrected chi connectivity index (χ0v) is 6.75. The van der Waals surface area contributed by atoms with Gasteiger partial charge in [-0.1, -0.05) is 6.07 Å². The van der Waals surface area contributed by atoms with E-state index in [2.05, 4.69) is 4.98 Å². The predicted octanol–water partition coefficient (Wildman–Crippen LogP) is -0.418. The molecule has 0 amide bonds. The van der Waals surface area contributed by atoms with Crippen molar-refractivity contribution in [3.8, 4) is 6.07 Å². The molecule has 5 heteroatoms. The summed E-state index contributed by atoms with van der Waals surface area (Å²) in [4.78, 5) is 3.71. The molecule has 0 saturated carbocycles. The van der Waals surface area contributed by atoms with Crippen molar-refractivity contribution in [2.24, 2.45) is 0 Å². The van der Waals surface area contributed by atoms with Gasteiger partial charge in [0.2, 0.25) is 0 Å². The van der Waals surface area contributed by atoms with E-state index in [9.17, 15) is 5.11 Å². The summed E-state index contributed by atoms with van der Waals surface area (Å²) in [5.41, 5.74) is 5.68. The second-order valence-corrected chi connectivity index (χ2v) is 2.54. The average Bonchev–Trinajstić information content (AvgIpc) is 2.17. The number of pyridine rings is 1. The smallest absolute Gasteiger partial charge is 0.170 e. The van der Waals surface area contributed by atoms with Gasteiger partial charge in [-0.3, -0.25) is 0 Å². The number of aliphatic hydroxyl groups is 2. The van der Waals surface area contributed by atoms with Crippen LogP contribution in [0.25, 0.3) is 0 Å². The summed E-state index contributed by atoms with van der Waals surface area (Å²) in [7, 11) is 0. The lowest BCUT2D eigenvalue weighted by Gasteiger charge is -2.10. The zero-order valence-electron chi connectivity index (χ0n) is 6.75. The first-order valence-electron chi connectivity index (χ1n) is 3.62. The van der Waals surface area contributed by atoms with E-state index in [4.69, 9.17) is 16.1 Å². The molecule has 1 aromatic rings. The molecule has 13 heavy (non-hydrogen) atoms. The summed E-state index contributed by atoms with van der Waals surface area (Å²) < 4.78 is 0. The molecular formula is C8H9N3O2. The second-order valence-electron chi connectivity index (χ2n) is 2.54. The number of nitrogens with two attached hydrogens (primary N) is 1. The standard InChI is InChI=1S/C8H9N3O2/c9-3-6(12)8(13)5-1-2-7(10)11-4-5/h1-2,4,6,8,12-13H,(H2,10,11). The SMILES string of the molecule is N#CC(O)C(O)c1ccc(N)nc1. The van der Waals surface area contributed by atoms with Gasteiger partial charge >= 0.3 is 0 Å². The number of nitrogens with zero attached hydrogens (tertiary/aromatic N) is 2. The van der Waals surface area contributed by atoms with E-state index in [-0.39, 0.29) is 0 Å². The van der Waals surface area contributed by atoms with Crippen molar-refractivity contribution >= 4 is 5.82 Å². The maximum atomic E-state index is 9.33. The summed E-state index contributed by atoms with van der Waals surface area (Å²) in [5, 5.41) is 26.6. The van der Waals surface area contributed by atoms with Crippen LogP contribution >= 0.6 is 0 Å². The Balaban J connectivity index is 2.84. The van der Waals surface area contributed by atoms with Crippen molar-refractivity contribution in [3.05, 3.63) is 23.9 Å². The minimum Gasteiger partial charge on any atom is -0.384 e. The normalized spacial score (nSPS) is 14.5. The lowest BCUT2D eigenvalue weighted by Crippen LogP contribution is -2.15. The number of hydrogen-bond donors (Lipinski definition) is 3. The van der Waals surface area contributed by atoms with E-state index in [1.54, 1.807) is 0 Å². The molecule has 0 aliphatic rings. The van der Waals surface area contributed by atoms with Crippen molar-refractivity contribution in [1.82, 2.24) is 4.98 Å². The third-order valence-corrected chi connectivity index (χ3v) is 1.58. The van der Waals surface area contributed by atoms with Crippen LogP contribution in [0.2, 0.25) is 0 Å². The van der Waals surface area contributed by atoms with Gasteiger partial charge in [-0.15, -0.1) is 0 Å². The van der Waals surface area contributed by atoms with Gasteiger partial charge in [0.25, 0.3) is 0 Å². The van der Waals surface area contributed by atoms with E-state index in [0.29, 0.717) is 11.4 Å². The van der Waals surface area contributed by atoms with Crippen molar-refractivity contribution in [2.45, 2.75) is 12.2 Å². The number of rotatable bonds is 2. The summed E-state index contributed by atoms with van der Waals surface area (Å²) in [6.45, 7) is 0. The van der Waals surface area contributed by atoms with Crippen molar-refractivity contribution in [3.63, 3.8) is 0 Å². The molecule has 2 unspecified atom stereocenters. The molecule has 0 aromatic carbocycles. The fraction of sp³-hybridized carbons (Fsp3) is 0.250. The van der Waals surface area contributed by atoms with E-state index in [1.165, 1.54) is 24.4 Å². The molecule has 4 N–H and O–H groups in total. The highest BCUT2D eigenvalue weighted by Gasteiger charge is 2.17. The number of aromatic nitrogens is 1. The summed E-state index contributed by atoms with van der Waals surface area (Å²) in [5.74, 6) is 0.322. The fourth-order valence-corrected chi connectivity index (χ4v) is 0.845. The maximum absolute atomic E-state index is 9.33. The predicted molar refractivity (Wildman–Crippen MR) is 45.2 cm³/mol. The first-order valence-corrected chi connectivity index (χ1v) is 3.62. The highest BCUT2D eigenvalue weighted by molar-refractivity contribution is 5.30. The Labute approximate surface area is 75.1 Å². The van der Waals surface area contributed by atoms with Gasteiger partial charge in [0.1, 0.15) is 11.9 Å². The van der Waals surface area contributed by atoms with Crippen LogP contribution in [0.3, 0.4) is 0 Å². The molecule has 0 spiro atoms. The Hall–Kier alpha value is -1.64. The van der Waals surface area contributed by atoms with E-state index >= 15 is 0 Å². The maximum Gasteiger partial charge on any atom is 0.170 e. The van der Waals surface area contributed by atoms with Gasteiger partial charge in [0.05, 0.1) is 6.07 Å². The van der Waals surface area contributed by atoms with Crippen LogP contribution in [0.4, 0.5) is 5.82 Å². The second kappa shape index (κ2) is 3.85. The Bertz CT molecular complexity index is 317. The molecule has 68 valence electrons. The van der Waals surface area contributed by atoms with E-state index in [0.717, 1.165) is 0 Å². The quantitative estimate of drug-likeness (QED) is 0.535. The van der Waals surface area contributed by atoms with Crippen molar-refractivity contribution in [1.29, 1.82) is 5.26 Å². The number of nitrogen functional groups attached to an aromatic ring is 1. The number of nitriles is 1. The Morgan fingerprint density at radius 3 is 2.62 bits per heavy atom. The fourth-order valence-electron chi connectivity index (χ4n) is 0.845. The lowest BCUT2D eigenvalue weighted by molar-refractivity contribution is 0.0526. The average molecular weight is 179 g/mol. The van der Waals surface area contributed by atoms with Crippen LogP contribution in [-0.2, 0) is 0 Å². The first-order chi connectivity index (χ1) is 6.15. The largest absolute Gasteiger partial charge is 0.384 e. The zero-order chi connectivity index (χ0) is 9.84. The molecule has 0 saturated heterocycles. The van der Waals surface area contributed by atoms with Gasteiger partial charge in [-0.2, -0.15) is 5.26 Å². The summed E-state index contributed by atoms with van der Waals surface area (Å²) in [6.07, 6.45) is -1.36. The monoisotopic (exact) mass is 179 g/mol. The van der Waals surface area contributed by atoms with Gasteiger partial charge < -0.3 is 15.9 Å². The van der Waals surface area contributed by atoms with Crippen LogP contribution in [0.15, 0.2) is 18.3 Å². The van der Waals surface area contributed by atoms with Crippen LogP contribution in [0, 0.1) is 11.3 Å². The highest BCUT2D eigenvalue weighted by atomic mass is 16.3. The van der Waals surface area contributed by atoms with Crippen LogP contribution in [0.1, 0.15) is 11.7 Å². The molecule has 1 aromatic heterocycles. The topological polar surface area (TPSA) is 103 Å². The molecule has 1 heterocycles. The summed E-state index contributed by atoms with van der Waals surface area (Å²) in [6, 6.07) is 4.52. The van der Waals surface area contributed by atoms with Crippen molar-refractivity contribution < 1.29 is 10.2 Å². The molecule has 0 aliphatic carbocycles. The molecule has 0 radical (unpaired) electrons. The van der Waals surface area contributed by atoms with E-state index < -0.39 is 12.2 Å². The molecule has 5 nitrogen and oxygen atoms in total. The third-order valence-electron chi connectivity index (χ3n) is 1.58. The van der Waals surface area contributed by atoms with Gasteiger partial charge in [-0.05, 0) is 6.07 Å². The molecule has 0 bridgehead atoms. The molecular weight excluding hydrogens is 170 g/mol. The number of aliphatic hydroxyl groups excluding tert-OH is 2. The van der Waals surface area contributed by atoms with Crippen LogP contribution < -0.4 is 5.73 Å². The molecule has 0 fully saturated rings. The number of hydrogen-bond acceptors (Lipinski definition) is 5. The lowest BCUT2D eigenvalue weighted by atomic mass is 10.1. The number of anilines is 1. The van der Waals surface area contributed by atoms with Gasteiger partial charge in [-0.25, -0.2) is 4.98 Å². The van der Waals surface area contributed by atoms with Gasteiger partial charge in [0, 0.05) is 11.8 Å². The minimum atomic E-state index is -1.44. The first kappa shape index (κ1) is 9.45. The van der Waals surface area contributed by atoms with Gasteiger partial charge in [0.15, 0.2) is 6.10 Å². The van der Waals surface area contributed by atoms with Crippen LogP contribution in [0.5, 0.6) is 0 Å². The molecule has 1 rings (SSSR count). The van der Waals surface area contributed by atoms with Crippen molar-refractivity contribution in [2.75, 3.05) is 5.73 Å². The third kappa shape index (κ3) is 2.15. The summed E-state index contributed by atoms with van der Waals surface area (Å²) >= 11 is 0. The van der Waals surface area contributed by atoms with E-state index in [1.807, 2.05) is 0 Å². The minimum absolute atomic E-state index is 0.322. The molecule has 0 aliphatic heterocycles.